The third-order valence-corrected chi connectivity index (χ3v) is 4.99. The van der Waals surface area contributed by atoms with Crippen LogP contribution >= 0.6 is 11.8 Å². The Balaban J connectivity index is 1.70. The first-order chi connectivity index (χ1) is 14.9. The molecule has 0 saturated heterocycles. The molecule has 0 atom stereocenters. The number of thioether (sulfide) groups is 1. The van der Waals surface area contributed by atoms with E-state index in [-0.39, 0.29) is 28.4 Å². The minimum Gasteiger partial charge on any atom is -0.497 e. The SMILES string of the molecule is COc1ccc(NC(=O)CSc2nnc(-c3cc(C)ccc3NC(C)=O)c(=O)[nH]2)cc1. The third kappa shape index (κ3) is 5.92. The molecule has 0 fully saturated rings. The number of aryl methyl sites for hydroxylation is 1. The van der Waals surface area contributed by atoms with Crippen LogP contribution < -0.4 is 20.9 Å². The second kappa shape index (κ2) is 9.90. The summed E-state index contributed by atoms with van der Waals surface area (Å²) in [5, 5.41) is 13.7. The van der Waals surface area contributed by atoms with Gasteiger partial charge in [-0.25, -0.2) is 0 Å². The van der Waals surface area contributed by atoms with Gasteiger partial charge in [-0.1, -0.05) is 23.4 Å². The van der Waals surface area contributed by atoms with E-state index in [0.717, 1.165) is 17.3 Å². The Labute approximate surface area is 182 Å². The minimum atomic E-state index is -0.467. The van der Waals surface area contributed by atoms with Gasteiger partial charge in [-0.15, -0.1) is 10.2 Å². The second-order valence-electron chi connectivity index (χ2n) is 6.60. The number of rotatable bonds is 7. The van der Waals surface area contributed by atoms with Gasteiger partial charge < -0.3 is 15.4 Å². The number of nitrogens with zero attached hydrogens (tertiary/aromatic N) is 2. The van der Waals surface area contributed by atoms with Crippen molar-refractivity contribution in [3.05, 3.63) is 58.4 Å². The molecule has 2 amide bonds. The summed E-state index contributed by atoms with van der Waals surface area (Å²) < 4.78 is 5.08. The van der Waals surface area contributed by atoms with Gasteiger partial charge in [0.1, 0.15) is 5.75 Å². The van der Waals surface area contributed by atoms with Crippen LogP contribution in [0.4, 0.5) is 11.4 Å². The van der Waals surface area contributed by atoms with Gasteiger partial charge in [0.25, 0.3) is 5.56 Å². The zero-order valence-electron chi connectivity index (χ0n) is 17.2. The fraction of sp³-hybridized carbons (Fsp3) is 0.190. The molecular formula is C21H21N5O4S. The van der Waals surface area contributed by atoms with E-state index in [1.807, 2.05) is 13.0 Å². The first-order valence-corrected chi connectivity index (χ1v) is 10.3. The number of carbonyl (C=O) groups is 2. The Morgan fingerprint density at radius 1 is 1.10 bits per heavy atom. The lowest BCUT2D eigenvalue weighted by atomic mass is 10.1. The maximum atomic E-state index is 12.6. The van der Waals surface area contributed by atoms with Gasteiger partial charge in [-0.05, 0) is 43.3 Å². The molecule has 160 valence electrons. The van der Waals surface area contributed by atoms with Gasteiger partial charge in [-0.2, -0.15) is 0 Å². The summed E-state index contributed by atoms with van der Waals surface area (Å²) in [6, 6.07) is 12.2. The first-order valence-electron chi connectivity index (χ1n) is 9.28. The summed E-state index contributed by atoms with van der Waals surface area (Å²) in [6.45, 7) is 3.25. The Kier molecular flexibility index (Phi) is 7.03. The van der Waals surface area contributed by atoms with Crippen molar-refractivity contribution in [2.45, 2.75) is 19.0 Å². The number of methoxy groups -OCH3 is 1. The Hall–Kier alpha value is -3.66. The van der Waals surface area contributed by atoms with Crippen molar-refractivity contribution in [1.29, 1.82) is 0 Å². The van der Waals surface area contributed by atoms with Crippen LogP contribution in [0.15, 0.2) is 52.4 Å². The number of hydrogen-bond donors (Lipinski definition) is 3. The number of H-pyrrole nitrogens is 1. The van der Waals surface area contributed by atoms with E-state index in [0.29, 0.717) is 22.7 Å². The lowest BCUT2D eigenvalue weighted by molar-refractivity contribution is -0.114. The highest BCUT2D eigenvalue weighted by Gasteiger charge is 2.14. The molecule has 0 radical (unpaired) electrons. The average Bonchev–Trinajstić information content (AvgIpc) is 2.74. The molecule has 0 unspecified atom stereocenters. The van der Waals surface area contributed by atoms with Crippen molar-refractivity contribution in [2.24, 2.45) is 0 Å². The maximum absolute atomic E-state index is 12.6. The van der Waals surface area contributed by atoms with Crippen LogP contribution in [0.1, 0.15) is 12.5 Å². The highest BCUT2D eigenvalue weighted by atomic mass is 32.2. The van der Waals surface area contributed by atoms with Crippen molar-refractivity contribution in [1.82, 2.24) is 15.2 Å². The lowest BCUT2D eigenvalue weighted by Crippen LogP contribution is -2.18. The zero-order chi connectivity index (χ0) is 22.4. The predicted octanol–water partition coefficient (Wildman–Crippen LogP) is 2.84. The second-order valence-corrected chi connectivity index (χ2v) is 7.57. The van der Waals surface area contributed by atoms with E-state index in [1.165, 1.54) is 6.92 Å². The zero-order valence-corrected chi connectivity index (χ0v) is 18.0. The largest absolute Gasteiger partial charge is 0.497 e. The third-order valence-electron chi connectivity index (χ3n) is 4.13. The standard InChI is InChI=1S/C21H21N5O4S/c1-12-4-9-17(22-13(2)27)16(10-12)19-20(29)24-21(26-25-19)31-11-18(28)23-14-5-7-15(30-3)8-6-14/h4-10H,11H2,1-3H3,(H,22,27)(H,23,28)(H,24,26,29). The molecule has 0 spiro atoms. The Morgan fingerprint density at radius 2 is 1.84 bits per heavy atom. The summed E-state index contributed by atoms with van der Waals surface area (Å²) in [5.74, 6) is 0.214. The molecule has 31 heavy (non-hydrogen) atoms. The first kappa shape index (κ1) is 22.0. The number of amides is 2. The average molecular weight is 439 g/mol. The van der Waals surface area contributed by atoms with E-state index in [4.69, 9.17) is 4.74 Å². The van der Waals surface area contributed by atoms with Gasteiger partial charge in [0, 0.05) is 18.2 Å². The van der Waals surface area contributed by atoms with Gasteiger partial charge in [0.05, 0.1) is 18.6 Å². The van der Waals surface area contributed by atoms with Crippen molar-refractivity contribution in [3.8, 4) is 17.0 Å². The Morgan fingerprint density at radius 3 is 2.48 bits per heavy atom. The van der Waals surface area contributed by atoms with Gasteiger partial charge in [0.15, 0.2) is 10.9 Å². The number of benzene rings is 2. The summed E-state index contributed by atoms with van der Waals surface area (Å²) in [4.78, 5) is 38.8. The highest BCUT2D eigenvalue weighted by Crippen LogP contribution is 2.25. The van der Waals surface area contributed by atoms with Crippen molar-refractivity contribution in [2.75, 3.05) is 23.5 Å². The lowest BCUT2D eigenvalue weighted by Gasteiger charge is -2.10. The molecule has 0 saturated carbocycles. The normalized spacial score (nSPS) is 10.4. The molecule has 9 nitrogen and oxygen atoms in total. The van der Waals surface area contributed by atoms with Crippen LogP contribution in [-0.2, 0) is 9.59 Å². The number of aromatic nitrogens is 3. The van der Waals surface area contributed by atoms with Crippen LogP contribution in [0.25, 0.3) is 11.3 Å². The van der Waals surface area contributed by atoms with Gasteiger partial charge in [-0.3, -0.25) is 19.4 Å². The fourth-order valence-corrected chi connectivity index (χ4v) is 3.32. The van der Waals surface area contributed by atoms with Gasteiger partial charge in [0.2, 0.25) is 11.8 Å². The highest BCUT2D eigenvalue weighted by molar-refractivity contribution is 7.99. The van der Waals surface area contributed by atoms with E-state index in [1.54, 1.807) is 43.5 Å². The Bertz CT molecular complexity index is 1160. The maximum Gasteiger partial charge on any atom is 0.278 e. The molecule has 0 aliphatic rings. The monoisotopic (exact) mass is 439 g/mol. The van der Waals surface area contributed by atoms with Crippen LogP contribution in [0.3, 0.4) is 0 Å². The predicted molar refractivity (Wildman–Crippen MR) is 119 cm³/mol. The number of hydrogen-bond acceptors (Lipinski definition) is 7. The van der Waals surface area contributed by atoms with Crippen LogP contribution in [-0.4, -0.2) is 39.9 Å². The summed E-state index contributed by atoms with van der Waals surface area (Å²) >= 11 is 1.06. The van der Waals surface area contributed by atoms with E-state index in [2.05, 4.69) is 25.8 Å². The molecule has 3 aromatic rings. The molecule has 10 heteroatoms. The molecular weight excluding hydrogens is 418 g/mol. The number of carbonyl (C=O) groups excluding carboxylic acids is 2. The minimum absolute atomic E-state index is 0.0393. The molecule has 1 aromatic heterocycles. The molecule has 1 heterocycles. The summed E-state index contributed by atoms with van der Waals surface area (Å²) in [6.07, 6.45) is 0. The van der Waals surface area contributed by atoms with E-state index >= 15 is 0 Å². The number of aromatic amines is 1. The summed E-state index contributed by atoms with van der Waals surface area (Å²) in [7, 11) is 1.57. The van der Waals surface area contributed by atoms with E-state index in [9.17, 15) is 14.4 Å². The molecule has 3 N–H and O–H groups in total. The quantitative estimate of drug-likeness (QED) is 0.483. The van der Waals surface area contributed by atoms with E-state index < -0.39 is 5.56 Å². The van der Waals surface area contributed by atoms with Crippen LogP contribution in [0, 0.1) is 6.92 Å². The van der Waals surface area contributed by atoms with Crippen molar-refractivity contribution in [3.63, 3.8) is 0 Å². The molecule has 3 rings (SSSR count). The summed E-state index contributed by atoms with van der Waals surface area (Å²) in [5.41, 5.74) is 2.09. The van der Waals surface area contributed by atoms with Crippen LogP contribution in [0.2, 0.25) is 0 Å². The topological polar surface area (TPSA) is 126 Å². The number of ether oxygens (including phenoxy) is 1. The number of nitrogens with one attached hydrogen (secondary N) is 3. The molecule has 0 aliphatic carbocycles. The molecule has 2 aromatic carbocycles. The smallest absolute Gasteiger partial charge is 0.278 e. The molecule has 0 bridgehead atoms. The fourth-order valence-electron chi connectivity index (χ4n) is 2.72. The van der Waals surface area contributed by atoms with Crippen molar-refractivity contribution < 1.29 is 14.3 Å². The number of anilines is 2. The van der Waals surface area contributed by atoms with Crippen LogP contribution in [0.5, 0.6) is 5.75 Å². The van der Waals surface area contributed by atoms with Crippen molar-refractivity contribution >= 4 is 35.0 Å². The van der Waals surface area contributed by atoms with Gasteiger partial charge >= 0.3 is 0 Å². The molecule has 0 aliphatic heterocycles.